The fraction of sp³-hybridized carbons (Fsp3) is 0.400. The second-order valence-corrected chi connectivity index (χ2v) is 12.5. The van der Waals surface area contributed by atoms with Crippen molar-refractivity contribution in [3.63, 3.8) is 0 Å². The molecule has 0 saturated carbocycles. The zero-order valence-corrected chi connectivity index (χ0v) is 25.2. The molecule has 0 fully saturated rings. The summed E-state index contributed by atoms with van der Waals surface area (Å²) in [5, 5.41) is 13.0. The number of alkyl carbamates (subject to hydrolysis) is 1. The predicted octanol–water partition coefficient (Wildman–Crippen LogP) is 6.29. The maximum absolute atomic E-state index is 13.3. The van der Waals surface area contributed by atoms with Crippen LogP contribution in [0.15, 0.2) is 53.9 Å². The molecule has 0 radical (unpaired) electrons. The van der Waals surface area contributed by atoms with E-state index in [2.05, 4.69) is 27.3 Å². The maximum atomic E-state index is 13.3. The van der Waals surface area contributed by atoms with Gasteiger partial charge >= 0.3 is 12.2 Å². The zero-order valence-electron chi connectivity index (χ0n) is 24.4. The van der Waals surface area contributed by atoms with Gasteiger partial charge in [0.2, 0.25) is 5.91 Å². The Morgan fingerprint density at radius 3 is 2.05 bits per heavy atom. The number of carbonyl (C=O) groups excluding carboxylic acids is 4. The molecule has 4 amide bonds. The van der Waals surface area contributed by atoms with Crippen LogP contribution >= 0.6 is 11.8 Å². The Hall–Kier alpha value is -3.99. The van der Waals surface area contributed by atoms with Crippen LogP contribution in [0.25, 0.3) is 0 Å². The number of amides is 4. The molecular formula is C30H38N4O6S. The maximum Gasteiger partial charge on any atom is 0.412 e. The van der Waals surface area contributed by atoms with E-state index in [4.69, 9.17) is 9.47 Å². The second kappa shape index (κ2) is 13.1. The number of thioether (sulfide) groups is 1. The van der Waals surface area contributed by atoms with Crippen molar-refractivity contribution in [3.05, 3.63) is 70.6 Å². The first-order valence-electron chi connectivity index (χ1n) is 13.2. The van der Waals surface area contributed by atoms with E-state index in [1.54, 1.807) is 83.6 Å². The molecule has 1 heterocycles. The van der Waals surface area contributed by atoms with Gasteiger partial charge in [-0.25, -0.2) is 9.59 Å². The Morgan fingerprint density at radius 1 is 0.854 bits per heavy atom. The van der Waals surface area contributed by atoms with Crippen molar-refractivity contribution < 1.29 is 28.7 Å². The lowest BCUT2D eigenvalue weighted by atomic mass is 10.0. The molecule has 10 nitrogen and oxygen atoms in total. The Bertz CT molecular complexity index is 1300. The van der Waals surface area contributed by atoms with Crippen LogP contribution in [-0.4, -0.2) is 42.3 Å². The van der Waals surface area contributed by atoms with Crippen LogP contribution in [0.5, 0.6) is 0 Å². The molecule has 220 valence electrons. The molecule has 0 aliphatic carbocycles. The molecule has 0 bridgehead atoms. The second-order valence-electron chi connectivity index (χ2n) is 11.4. The molecule has 2 unspecified atom stereocenters. The van der Waals surface area contributed by atoms with Crippen molar-refractivity contribution >= 4 is 47.1 Å². The van der Waals surface area contributed by atoms with Gasteiger partial charge in [0.25, 0.3) is 5.91 Å². The van der Waals surface area contributed by atoms with Crippen molar-refractivity contribution in [1.29, 1.82) is 0 Å². The number of benzene rings is 2. The first-order valence-corrected chi connectivity index (χ1v) is 14.2. The number of nitrogens with one attached hydrogen (secondary N) is 4. The van der Waals surface area contributed by atoms with Crippen molar-refractivity contribution in [2.45, 2.75) is 70.5 Å². The number of likely N-dealkylation sites (N-methyl/N-ethyl adjacent to an activating group) is 1. The van der Waals surface area contributed by atoms with E-state index in [0.29, 0.717) is 22.5 Å². The van der Waals surface area contributed by atoms with Gasteiger partial charge in [-0.05, 0) is 88.8 Å². The van der Waals surface area contributed by atoms with E-state index in [9.17, 15) is 19.2 Å². The third-order valence-electron chi connectivity index (χ3n) is 5.66. The average molecular weight is 583 g/mol. The Labute approximate surface area is 245 Å². The number of ether oxygens (including phenoxy) is 2. The number of hydrogen-bond donors (Lipinski definition) is 4. The molecule has 0 saturated heterocycles. The Kier molecular flexibility index (Phi) is 10.1. The van der Waals surface area contributed by atoms with Crippen molar-refractivity contribution in [2.24, 2.45) is 0 Å². The van der Waals surface area contributed by atoms with Crippen LogP contribution in [0.1, 0.15) is 80.7 Å². The highest BCUT2D eigenvalue weighted by Crippen LogP contribution is 2.40. The molecule has 0 spiro atoms. The lowest BCUT2D eigenvalue weighted by Gasteiger charge is -2.23. The van der Waals surface area contributed by atoms with E-state index in [0.717, 1.165) is 12.0 Å². The number of carbonyl (C=O) groups is 4. The molecule has 0 aromatic heterocycles. The minimum Gasteiger partial charge on any atom is -0.444 e. The van der Waals surface area contributed by atoms with Gasteiger partial charge < -0.3 is 25.4 Å². The van der Waals surface area contributed by atoms with Crippen molar-refractivity contribution in [1.82, 2.24) is 10.6 Å². The highest BCUT2D eigenvalue weighted by Gasteiger charge is 2.26. The van der Waals surface area contributed by atoms with Crippen LogP contribution in [0.2, 0.25) is 0 Å². The van der Waals surface area contributed by atoms with Crippen LogP contribution < -0.4 is 21.3 Å². The zero-order chi connectivity index (χ0) is 30.4. The lowest BCUT2D eigenvalue weighted by Crippen LogP contribution is -2.41. The summed E-state index contributed by atoms with van der Waals surface area (Å²) in [5.41, 5.74) is 1.17. The molecule has 4 N–H and O–H groups in total. The monoisotopic (exact) mass is 582 g/mol. The Morgan fingerprint density at radius 2 is 1.49 bits per heavy atom. The molecule has 3 rings (SSSR count). The van der Waals surface area contributed by atoms with E-state index in [1.165, 1.54) is 7.05 Å². The Balaban J connectivity index is 1.82. The standard InChI is InChI=1S/C30H38N4O6S/c1-29(2,3)39-27(37)33-21-15-14-20(23-9-8-16-41-23)17-22(21)32-25(35)19-12-10-18(11-13-19)24(26(36)31-7)34-28(38)40-30(4,5)6/h8,10-17,23-24H,9H2,1-7H3,(H,31,36)(H,32,35)(H,33,37)(H,34,38). The summed E-state index contributed by atoms with van der Waals surface area (Å²) in [5.74, 6) is -0.864. The summed E-state index contributed by atoms with van der Waals surface area (Å²) in [4.78, 5) is 50.6. The number of anilines is 2. The topological polar surface area (TPSA) is 135 Å². The van der Waals surface area contributed by atoms with Gasteiger partial charge in [0.15, 0.2) is 0 Å². The SMILES string of the molecule is CNC(=O)C(NC(=O)OC(C)(C)C)c1ccc(C(=O)Nc2cc(C3CC=CS3)ccc2NC(=O)OC(C)(C)C)cc1. The van der Waals surface area contributed by atoms with Crippen molar-refractivity contribution in [3.8, 4) is 0 Å². The summed E-state index contributed by atoms with van der Waals surface area (Å²) in [6.07, 6.45) is 1.57. The van der Waals surface area contributed by atoms with E-state index >= 15 is 0 Å². The summed E-state index contributed by atoms with van der Waals surface area (Å²) in [7, 11) is 1.46. The summed E-state index contributed by atoms with van der Waals surface area (Å²) in [6, 6.07) is 10.8. The van der Waals surface area contributed by atoms with Gasteiger partial charge in [0.05, 0.1) is 11.4 Å². The van der Waals surface area contributed by atoms with Gasteiger partial charge in [-0.2, -0.15) is 0 Å². The molecule has 41 heavy (non-hydrogen) atoms. The fourth-order valence-electron chi connectivity index (χ4n) is 3.88. The van der Waals surface area contributed by atoms with E-state index in [1.807, 2.05) is 17.5 Å². The predicted molar refractivity (Wildman–Crippen MR) is 161 cm³/mol. The molecule has 1 aliphatic rings. The largest absolute Gasteiger partial charge is 0.444 e. The molecule has 2 atom stereocenters. The van der Waals surface area contributed by atoms with Gasteiger partial charge in [0, 0.05) is 17.9 Å². The molecule has 11 heteroatoms. The fourth-order valence-corrected chi connectivity index (χ4v) is 4.82. The lowest BCUT2D eigenvalue weighted by molar-refractivity contribution is -0.122. The minimum absolute atomic E-state index is 0.208. The van der Waals surface area contributed by atoms with Gasteiger partial charge in [0.1, 0.15) is 17.2 Å². The van der Waals surface area contributed by atoms with E-state index in [-0.39, 0.29) is 5.25 Å². The van der Waals surface area contributed by atoms with Crippen LogP contribution in [0, 0.1) is 0 Å². The average Bonchev–Trinajstić information content (AvgIpc) is 3.41. The first kappa shape index (κ1) is 31.5. The summed E-state index contributed by atoms with van der Waals surface area (Å²) in [6.45, 7) is 10.5. The minimum atomic E-state index is -1.02. The van der Waals surface area contributed by atoms with Crippen molar-refractivity contribution in [2.75, 3.05) is 17.7 Å². The molecule has 1 aliphatic heterocycles. The number of allylic oxidation sites excluding steroid dienone is 1. The van der Waals surface area contributed by atoms with Crippen LogP contribution in [-0.2, 0) is 14.3 Å². The first-order chi connectivity index (χ1) is 19.1. The summed E-state index contributed by atoms with van der Waals surface area (Å²) < 4.78 is 10.7. The molecule has 2 aromatic carbocycles. The number of rotatable bonds is 7. The van der Waals surface area contributed by atoms with Crippen LogP contribution in [0.4, 0.5) is 21.0 Å². The van der Waals surface area contributed by atoms with E-state index < -0.39 is 41.2 Å². The molecular weight excluding hydrogens is 544 g/mol. The number of hydrogen-bond acceptors (Lipinski definition) is 7. The van der Waals surface area contributed by atoms with Gasteiger partial charge in [-0.3, -0.25) is 14.9 Å². The van der Waals surface area contributed by atoms with Crippen LogP contribution in [0.3, 0.4) is 0 Å². The normalized spacial score (nSPS) is 15.4. The third kappa shape index (κ3) is 9.56. The van der Waals surface area contributed by atoms with Gasteiger partial charge in [-0.15, -0.1) is 11.8 Å². The summed E-state index contributed by atoms with van der Waals surface area (Å²) >= 11 is 1.69. The quantitative estimate of drug-likeness (QED) is 0.301. The highest BCUT2D eigenvalue weighted by molar-refractivity contribution is 8.02. The smallest absolute Gasteiger partial charge is 0.412 e. The van der Waals surface area contributed by atoms with Gasteiger partial charge in [-0.1, -0.05) is 24.3 Å². The third-order valence-corrected chi connectivity index (χ3v) is 6.81. The highest BCUT2D eigenvalue weighted by atomic mass is 32.2. The molecule has 2 aromatic rings.